The molecule has 1 aliphatic rings. The van der Waals surface area contributed by atoms with Gasteiger partial charge in [0.1, 0.15) is 0 Å². The van der Waals surface area contributed by atoms with Gasteiger partial charge in [-0.05, 0) is 19.1 Å². The van der Waals surface area contributed by atoms with Crippen LogP contribution in [0.2, 0.25) is 0 Å². The summed E-state index contributed by atoms with van der Waals surface area (Å²) in [6.07, 6.45) is 1.55. The van der Waals surface area contributed by atoms with Crippen molar-refractivity contribution in [2.75, 3.05) is 6.54 Å². The number of carbonyl (C=O) groups is 3. The monoisotopic (exact) mass is 309 g/mol. The molecule has 0 spiro atoms. The van der Waals surface area contributed by atoms with Crippen LogP contribution < -0.4 is 5.32 Å². The van der Waals surface area contributed by atoms with Gasteiger partial charge in [-0.1, -0.05) is 36.4 Å². The fourth-order valence-corrected chi connectivity index (χ4v) is 2.53. The second kappa shape index (κ2) is 5.64. The van der Waals surface area contributed by atoms with Crippen LogP contribution >= 0.6 is 0 Å². The van der Waals surface area contributed by atoms with E-state index >= 15 is 0 Å². The molecule has 6 nitrogen and oxygen atoms in total. The van der Waals surface area contributed by atoms with Crippen molar-refractivity contribution >= 4 is 17.7 Å². The highest BCUT2D eigenvalue weighted by Gasteiger charge is 2.50. The van der Waals surface area contributed by atoms with Crippen LogP contribution in [0, 0.1) is 0 Å². The smallest absolute Gasteiger partial charge is 0.318 e. The number of aromatic nitrogens is 1. The fourth-order valence-electron chi connectivity index (χ4n) is 2.53. The third-order valence-corrected chi connectivity index (χ3v) is 3.85. The van der Waals surface area contributed by atoms with Crippen LogP contribution in [0.1, 0.15) is 23.0 Å². The molecule has 0 bridgehead atoms. The predicted molar refractivity (Wildman–Crippen MR) is 82.6 cm³/mol. The summed E-state index contributed by atoms with van der Waals surface area (Å²) in [5, 5.41) is 2.63. The van der Waals surface area contributed by atoms with Gasteiger partial charge in [-0.15, -0.1) is 0 Å². The topological polar surface area (TPSA) is 79.4 Å². The Balaban J connectivity index is 1.84. The molecule has 1 atom stereocenters. The Morgan fingerprint density at radius 2 is 1.83 bits per heavy atom. The van der Waals surface area contributed by atoms with E-state index in [9.17, 15) is 14.4 Å². The van der Waals surface area contributed by atoms with Gasteiger partial charge in [0.2, 0.25) is 0 Å². The van der Waals surface area contributed by atoms with E-state index in [0.29, 0.717) is 11.3 Å². The van der Waals surface area contributed by atoms with E-state index in [-0.39, 0.29) is 12.3 Å². The van der Waals surface area contributed by atoms with Crippen LogP contribution in [-0.2, 0) is 10.3 Å². The number of nitrogens with zero attached hydrogens (tertiary/aromatic N) is 2. The number of nitrogens with one attached hydrogen (secondary N) is 1. The highest BCUT2D eigenvalue weighted by Crippen LogP contribution is 2.27. The van der Waals surface area contributed by atoms with Crippen LogP contribution in [0.5, 0.6) is 0 Å². The highest BCUT2D eigenvalue weighted by atomic mass is 16.2. The Morgan fingerprint density at radius 1 is 1.13 bits per heavy atom. The van der Waals surface area contributed by atoms with Gasteiger partial charge in [-0.25, -0.2) is 4.79 Å². The third-order valence-electron chi connectivity index (χ3n) is 3.85. The molecule has 1 aromatic heterocycles. The first-order valence-electron chi connectivity index (χ1n) is 7.16. The van der Waals surface area contributed by atoms with Crippen molar-refractivity contribution in [2.45, 2.75) is 12.5 Å². The molecule has 0 radical (unpaired) electrons. The first kappa shape index (κ1) is 14.9. The highest BCUT2D eigenvalue weighted by molar-refractivity contribution is 6.11. The van der Waals surface area contributed by atoms with Gasteiger partial charge in [0.15, 0.2) is 11.3 Å². The van der Waals surface area contributed by atoms with E-state index < -0.39 is 17.5 Å². The molecular formula is C17H15N3O3. The predicted octanol–water partition coefficient (Wildman–Crippen LogP) is 1.73. The summed E-state index contributed by atoms with van der Waals surface area (Å²) in [6.45, 7) is 1.29. The number of imide groups is 1. The van der Waals surface area contributed by atoms with Crippen molar-refractivity contribution in [3.05, 3.63) is 66.0 Å². The number of hydrogen-bond acceptors (Lipinski definition) is 4. The second-order valence-corrected chi connectivity index (χ2v) is 5.45. The summed E-state index contributed by atoms with van der Waals surface area (Å²) in [7, 11) is 0. The lowest BCUT2D eigenvalue weighted by atomic mass is 9.97. The van der Waals surface area contributed by atoms with Crippen molar-refractivity contribution in [3.63, 3.8) is 0 Å². The normalized spacial score (nSPS) is 20.5. The van der Waals surface area contributed by atoms with Crippen molar-refractivity contribution in [1.29, 1.82) is 0 Å². The molecule has 3 amide bonds. The lowest BCUT2D eigenvalue weighted by Gasteiger charge is -2.20. The van der Waals surface area contributed by atoms with Gasteiger partial charge < -0.3 is 5.32 Å². The van der Waals surface area contributed by atoms with E-state index in [1.54, 1.807) is 61.7 Å². The zero-order chi connectivity index (χ0) is 16.4. The van der Waals surface area contributed by atoms with E-state index in [2.05, 4.69) is 10.3 Å². The Morgan fingerprint density at radius 3 is 2.48 bits per heavy atom. The quantitative estimate of drug-likeness (QED) is 0.689. The molecule has 1 unspecified atom stereocenters. The molecule has 1 N–H and O–H groups in total. The van der Waals surface area contributed by atoms with Crippen LogP contribution in [0.3, 0.4) is 0 Å². The van der Waals surface area contributed by atoms with Crippen molar-refractivity contribution in [3.8, 4) is 0 Å². The number of benzene rings is 1. The number of carbonyl (C=O) groups excluding carboxylic acids is 3. The molecule has 0 saturated carbocycles. The number of amides is 3. The Hall–Kier alpha value is -3.02. The molecule has 2 heterocycles. The zero-order valence-electron chi connectivity index (χ0n) is 12.5. The van der Waals surface area contributed by atoms with Gasteiger partial charge in [0, 0.05) is 11.8 Å². The summed E-state index contributed by atoms with van der Waals surface area (Å²) < 4.78 is 0. The number of hydrogen-bond donors (Lipinski definition) is 1. The third kappa shape index (κ3) is 2.59. The number of ketones is 1. The summed E-state index contributed by atoms with van der Waals surface area (Å²) in [6, 6.07) is 13.1. The number of urea groups is 1. The molecule has 1 aromatic carbocycles. The molecule has 1 saturated heterocycles. The largest absolute Gasteiger partial charge is 0.325 e. The number of pyridine rings is 1. The van der Waals surface area contributed by atoms with Gasteiger partial charge in [-0.2, -0.15) is 0 Å². The van der Waals surface area contributed by atoms with Crippen LogP contribution in [0.4, 0.5) is 4.79 Å². The average molecular weight is 309 g/mol. The summed E-state index contributed by atoms with van der Waals surface area (Å²) in [4.78, 5) is 42.1. The maximum Gasteiger partial charge on any atom is 0.325 e. The molecule has 6 heteroatoms. The van der Waals surface area contributed by atoms with E-state index in [1.165, 1.54) is 0 Å². The minimum atomic E-state index is -1.25. The minimum Gasteiger partial charge on any atom is -0.318 e. The first-order chi connectivity index (χ1) is 11.0. The Labute approximate surface area is 133 Å². The maximum absolute atomic E-state index is 12.7. The van der Waals surface area contributed by atoms with E-state index in [0.717, 1.165) is 4.90 Å². The molecule has 3 rings (SSSR count). The second-order valence-electron chi connectivity index (χ2n) is 5.45. The van der Waals surface area contributed by atoms with Crippen molar-refractivity contribution in [1.82, 2.24) is 15.2 Å². The average Bonchev–Trinajstić information content (AvgIpc) is 2.81. The molecule has 1 aliphatic heterocycles. The van der Waals surface area contributed by atoms with Crippen molar-refractivity contribution < 1.29 is 14.4 Å². The van der Waals surface area contributed by atoms with E-state index in [1.807, 2.05) is 0 Å². The molecule has 1 fully saturated rings. The molecule has 0 aliphatic carbocycles. The summed E-state index contributed by atoms with van der Waals surface area (Å²) in [5.41, 5.74) is -0.359. The SMILES string of the molecule is CC1(c2ccccn2)NC(=O)N(CC(=O)c2ccccc2)C1=O. The van der Waals surface area contributed by atoms with Gasteiger partial charge in [-0.3, -0.25) is 19.5 Å². The van der Waals surface area contributed by atoms with Crippen molar-refractivity contribution in [2.24, 2.45) is 0 Å². The first-order valence-corrected chi connectivity index (χ1v) is 7.16. The molecular weight excluding hydrogens is 294 g/mol. The Bertz CT molecular complexity index is 761. The Kier molecular flexibility index (Phi) is 3.65. The summed E-state index contributed by atoms with van der Waals surface area (Å²) >= 11 is 0. The summed E-state index contributed by atoms with van der Waals surface area (Å²) in [5.74, 6) is -0.773. The van der Waals surface area contributed by atoms with Gasteiger partial charge >= 0.3 is 6.03 Å². The molecule has 116 valence electrons. The van der Waals surface area contributed by atoms with Crippen LogP contribution in [0.25, 0.3) is 0 Å². The van der Waals surface area contributed by atoms with E-state index in [4.69, 9.17) is 0 Å². The molecule has 23 heavy (non-hydrogen) atoms. The lowest BCUT2D eigenvalue weighted by Crippen LogP contribution is -2.42. The number of Topliss-reactive ketones (excluding diaryl/α,β-unsaturated/α-hetero) is 1. The fraction of sp³-hybridized carbons (Fsp3) is 0.176. The molecule has 2 aromatic rings. The maximum atomic E-state index is 12.7. The standard InChI is InChI=1S/C17H15N3O3/c1-17(14-9-5-6-10-18-14)15(22)20(16(23)19-17)11-13(21)12-7-3-2-4-8-12/h2-10H,11H2,1H3,(H,19,23). The van der Waals surface area contributed by atoms with Crippen LogP contribution in [0.15, 0.2) is 54.7 Å². The van der Waals surface area contributed by atoms with Crippen LogP contribution in [-0.4, -0.2) is 34.2 Å². The minimum absolute atomic E-state index is 0.292. The number of rotatable bonds is 4. The lowest BCUT2D eigenvalue weighted by molar-refractivity contribution is -0.130. The van der Waals surface area contributed by atoms with Gasteiger partial charge in [0.25, 0.3) is 5.91 Å². The zero-order valence-corrected chi connectivity index (χ0v) is 12.5. The van der Waals surface area contributed by atoms with Gasteiger partial charge in [0.05, 0.1) is 12.2 Å².